The first-order chi connectivity index (χ1) is 18.4. The highest BCUT2D eigenvalue weighted by molar-refractivity contribution is 7.92. The van der Waals surface area contributed by atoms with E-state index in [1.807, 2.05) is 24.3 Å². The molecule has 5 aromatic rings. The SMILES string of the molecule is O=C(Nc1ccc(N=Cc2c(O)[nH]c3ccccc23)cc1)Nc1ccc(S(=O)(=O)Nc2ncccn2)cc1. The van der Waals surface area contributed by atoms with Crippen LogP contribution in [0.3, 0.4) is 0 Å². The van der Waals surface area contributed by atoms with Gasteiger partial charge >= 0.3 is 6.03 Å². The molecule has 0 radical (unpaired) electrons. The molecule has 5 rings (SSSR count). The number of carbonyl (C=O) groups excluding carboxylic acids is 1. The van der Waals surface area contributed by atoms with Crippen molar-refractivity contribution in [1.29, 1.82) is 0 Å². The van der Waals surface area contributed by atoms with E-state index >= 15 is 0 Å². The molecule has 12 heteroatoms. The maximum atomic E-state index is 12.5. The number of amides is 2. The molecule has 0 aliphatic heterocycles. The van der Waals surface area contributed by atoms with Crippen LogP contribution in [0.2, 0.25) is 0 Å². The quantitative estimate of drug-likeness (QED) is 0.190. The summed E-state index contributed by atoms with van der Waals surface area (Å²) in [6.45, 7) is 0. The smallest absolute Gasteiger partial charge is 0.323 e. The number of aromatic nitrogens is 3. The highest BCUT2D eigenvalue weighted by atomic mass is 32.2. The van der Waals surface area contributed by atoms with Gasteiger partial charge in [-0.25, -0.2) is 27.9 Å². The molecule has 5 N–H and O–H groups in total. The molecule has 3 aromatic carbocycles. The van der Waals surface area contributed by atoms with Gasteiger partial charge in [0.2, 0.25) is 5.95 Å². The van der Waals surface area contributed by atoms with Gasteiger partial charge in [-0.2, -0.15) is 0 Å². The van der Waals surface area contributed by atoms with E-state index in [1.54, 1.807) is 36.5 Å². The molecule has 2 amide bonds. The van der Waals surface area contributed by atoms with Gasteiger partial charge in [0, 0.05) is 40.9 Å². The zero-order chi connectivity index (χ0) is 26.5. The number of sulfonamides is 1. The normalized spacial score (nSPS) is 11.5. The van der Waals surface area contributed by atoms with E-state index in [0.29, 0.717) is 22.6 Å². The number of aliphatic imine (C=N–C) groups is 1. The molecule has 38 heavy (non-hydrogen) atoms. The molecule has 11 nitrogen and oxygen atoms in total. The Hall–Kier alpha value is -5.23. The summed E-state index contributed by atoms with van der Waals surface area (Å²) in [4.78, 5) is 27.4. The summed E-state index contributed by atoms with van der Waals surface area (Å²) in [5, 5.41) is 16.4. The number of H-pyrrole nitrogens is 1. The third-order valence-corrected chi connectivity index (χ3v) is 6.75. The number of rotatable bonds is 7. The lowest BCUT2D eigenvalue weighted by Crippen LogP contribution is -2.19. The average molecular weight is 528 g/mol. The minimum Gasteiger partial charge on any atom is -0.494 e. The van der Waals surface area contributed by atoms with Gasteiger partial charge in [0.05, 0.1) is 16.1 Å². The van der Waals surface area contributed by atoms with E-state index < -0.39 is 16.1 Å². The van der Waals surface area contributed by atoms with Crippen molar-refractivity contribution in [3.63, 3.8) is 0 Å². The Morgan fingerprint density at radius 2 is 1.50 bits per heavy atom. The molecule has 0 aliphatic carbocycles. The van der Waals surface area contributed by atoms with Gasteiger partial charge in [0.15, 0.2) is 5.88 Å². The minimum atomic E-state index is -3.87. The van der Waals surface area contributed by atoms with E-state index in [1.165, 1.54) is 36.7 Å². The van der Waals surface area contributed by atoms with Crippen LogP contribution < -0.4 is 15.4 Å². The van der Waals surface area contributed by atoms with Crippen molar-refractivity contribution in [1.82, 2.24) is 15.0 Å². The van der Waals surface area contributed by atoms with Crippen molar-refractivity contribution in [3.8, 4) is 5.88 Å². The minimum absolute atomic E-state index is 0.00647. The second-order valence-corrected chi connectivity index (χ2v) is 9.70. The van der Waals surface area contributed by atoms with Crippen molar-refractivity contribution < 1.29 is 18.3 Å². The van der Waals surface area contributed by atoms with E-state index in [-0.39, 0.29) is 16.7 Å². The number of fused-ring (bicyclic) bond motifs is 1. The van der Waals surface area contributed by atoms with E-state index in [4.69, 9.17) is 0 Å². The molecule has 0 unspecified atom stereocenters. The molecular weight excluding hydrogens is 506 g/mol. The van der Waals surface area contributed by atoms with Crippen LogP contribution in [-0.4, -0.2) is 40.7 Å². The number of para-hydroxylation sites is 1. The summed E-state index contributed by atoms with van der Waals surface area (Å²) in [6, 6.07) is 21.1. The number of hydrogen-bond donors (Lipinski definition) is 5. The lowest BCUT2D eigenvalue weighted by atomic mass is 10.2. The number of hydrogen-bond acceptors (Lipinski definition) is 7. The lowest BCUT2D eigenvalue weighted by Gasteiger charge is -2.09. The monoisotopic (exact) mass is 527 g/mol. The summed E-state index contributed by atoms with van der Waals surface area (Å²) in [5.74, 6) is -0.00101. The highest BCUT2D eigenvalue weighted by Gasteiger charge is 2.15. The van der Waals surface area contributed by atoms with E-state index in [9.17, 15) is 18.3 Å². The molecule has 0 aliphatic rings. The lowest BCUT2D eigenvalue weighted by molar-refractivity contribution is 0.262. The van der Waals surface area contributed by atoms with Crippen LogP contribution in [0.4, 0.5) is 27.8 Å². The number of nitrogens with zero attached hydrogens (tertiary/aromatic N) is 3. The van der Waals surface area contributed by atoms with Crippen LogP contribution in [0.25, 0.3) is 10.9 Å². The molecule has 190 valence electrons. The Bertz CT molecular complexity index is 1720. The third-order valence-electron chi connectivity index (χ3n) is 5.41. The second kappa shape index (κ2) is 10.4. The largest absolute Gasteiger partial charge is 0.494 e. The van der Waals surface area contributed by atoms with Crippen molar-refractivity contribution in [2.24, 2.45) is 4.99 Å². The summed E-state index contributed by atoms with van der Waals surface area (Å²) < 4.78 is 27.2. The highest BCUT2D eigenvalue weighted by Crippen LogP contribution is 2.26. The second-order valence-electron chi connectivity index (χ2n) is 8.02. The number of nitrogens with one attached hydrogen (secondary N) is 4. The molecule has 0 atom stereocenters. The molecule has 2 heterocycles. The predicted molar refractivity (Wildman–Crippen MR) is 146 cm³/mol. The van der Waals surface area contributed by atoms with Gasteiger partial charge in [-0.15, -0.1) is 0 Å². The van der Waals surface area contributed by atoms with Gasteiger partial charge in [-0.3, -0.25) is 4.99 Å². The van der Waals surface area contributed by atoms with Gasteiger partial charge in [0.1, 0.15) is 0 Å². The molecule has 0 bridgehead atoms. The number of aromatic hydroxyl groups is 1. The van der Waals surface area contributed by atoms with Gasteiger partial charge < -0.3 is 20.7 Å². The first-order valence-corrected chi connectivity index (χ1v) is 12.8. The Kier molecular flexibility index (Phi) is 6.70. The Labute approximate surface area is 217 Å². The fourth-order valence-electron chi connectivity index (χ4n) is 3.59. The summed E-state index contributed by atoms with van der Waals surface area (Å²) in [7, 11) is -3.87. The maximum Gasteiger partial charge on any atom is 0.323 e. The fraction of sp³-hybridized carbons (Fsp3) is 0. The molecule has 0 spiro atoms. The van der Waals surface area contributed by atoms with Crippen LogP contribution in [-0.2, 0) is 10.0 Å². The van der Waals surface area contributed by atoms with Crippen molar-refractivity contribution in [2.75, 3.05) is 15.4 Å². The van der Waals surface area contributed by atoms with Crippen LogP contribution in [0.1, 0.15) is 5.56 Å². The number of benzene rings is 3. The molecule has 0 fully saturated rings. The number of aromatic amines is 1. The first kappa shape index (κ1) is 24.5. The van der Waals surface area contributed by atoms with Crippen molar-refractivity contribution in [2.45, 2.75) is 4.90 Å². The van der Waals surface area contributed by atoms with Gasteiger partial charge in [0.25, 0.3) is 10.0 Å². The van der Waals surface area contributed by atoms with E-state index in [0.717, 1.165) is 10.9 Å². The summed E-state index contributed by atoms with van der Waals surface area (Å²) >= 11 is 0. The molecule has 2 aromatic heterocycles. The molecular formula is C26H21N7O4S. The van der Waals surface area contributed by atoms with Crippen LogP contribution in [0, 0.1) is 0 Å². The average Bonchev–Trinajstić information content (AvgIpc) is 3.23. The van der Waals surface area contributed by atoms with Gasteiger partial charge in [-0.05, 0) is 60.7 Å². The van der Waals surface area contributed by atoms with Crippen LogP contribution in [0.5, 0.6) is 5.88 Å². The Morgan fingerprint density at radius 3 is 2.18 bits per heavy atom. The van der Waals surface area contributed by atoms with E-state index in [2.05, 4.69) is 35.3 Å². The fourth-order valence-corrected chi connectivity index (χ4v) is 4.55. The van der Waals surface area contributed by atoms with Gasteiger partial charge in [-0.1, -0.05) is 18.2 Å². The zero-order valence-electron chi connectivity index (χ0n) is 19.7. The standard InChI is InChI=1S/C26H21N7O4S/c34-24-22(21-4-1-2-5-23(21)32-24)16-29-17-6-8-18(9-7-17)30-26(35)31-19-10-12-20(13-11-19)38(36,37)33-25-27-14-3-15-28-25/h1-16,32,34H,(H,27,28,33)(H2,30,31,35). The van der Waals surface area contributed by atoms with Crippen molar-refractivity contribution in [3.05, 3.63) is 96.8 Å². The number of urea groups is 1. The zero-order valence-corrected chi connectivity index (χ0v) is 20.5. The number of anilines is 3. The Morgan fingerprint density at radius 1 is 0.868 bits per heavy atom. The number of carbonyl (C=O) groups is 1. The predicted octanol–water partition coefficient (Wildman–Crippen LogP) is 4.86. The topological polar surface area (TPSA) is 161 Å². The summed E-state index contributed by atoms with van der Waals surface area (Å²) in [6.07, 6.45) is 4.43. The van der Waals surface area contributed by atoms with Crippen molar-refractivity contribution >= 4 is 56.2 Å². The van der Waals surface area contributed by atoms with Crippen LogP contribution >= 0.6 is 0 Å². The molecule has 0 saturated heterocycles. The first-order valence-electron chi connectivity index (χ1n) is 11.3. The molecule has 0 saturated carbocycles. The van der Waals surface area contributed by atoms with Crippen LogP contribution in [0.15, 0.2) is 101 Å². The summed E-state index contributed by atoms with van der Waals surface area (Å²) in [5.41, 5.74) is 2.96. The Balaban J connectivity index is 1.18. The maximum absolute atomic E-state index is 12.5. The third kappa shape index (κ3) is 5.60.